The third-order valence-corrected chi connectivity index (χ3v) is 4.13. The lowest BCUT2D eigenvalue weighted by Gasteiger charge is -2.23. The molecular formula is C21H24N2O. The maximum absolute atomic E-state index is 10.6. The predicted octanol–water partition coefficient (Wildman–Crippen LogP) is 5.29. The van der Waals surface area contributed by atoms with Crippen LogP contribution in [0.3, 0.4) is 0 Å². The van der Waals surface area contributed by atoms with Gasteiger partial charge in [-0.05, 0) is 46.2 Å². The Morgan fingerprint density at radius 1 is 0.875 bits per heavy atom. The molecule has 3 rings (SSSR count). The monoisotopic (exact) mass is 320 g/mol. The molecule has 0 saturated carbocycles. The van der Waals surface area contributed by atoms with Crippen molar-refractivity contribution in [1.29, 1.82) is 0 Å². The Kier molecular flexibility index (Phi) is 3.96. The average molecular weight is 320 g/mol. The van der Waals surface area contributed by atoms with Gasteiger partial charge in [-0.25, -0.2) is 0 Å². The summed E-state index contributed by atoms with van der Waals surface area (Å²) >= 11 is 0. The fourth-order valence-electron chi connectivity index (χ4n) is 2.94. The zero-order valence-electron chi connectivity index (χ0n) is 15.0. The third-order valence-electron chi connectivity index (χ3n) is 4.13. The first-order chi connectivity index (χ1) is 11.3. The molecule has 0 aliphatic rings. The van der Waals surface area contributed by atoms with E-state index in [1.165, 1.54) is 11.1 Å². The Hall–Kier alpha value is -2.55. The van der Waals surface area contributed by atoms with E-state index in [1.54, 1.807) is 0 Å². The Morgan fingerprint density at radius 3 is 2.12 bits per heavy atom. The molecule has 0 saturated heterocycles. The summed E-state index contributed by atoms with van der Waals surface area (Å²) in [6.45, 7) is 10.4. The average Bonchev–Trinajstić information content (AvgIpc) is 2.86. The van der Waals surface area contributed by atoms with Gasteiger partial charge in [0.2, 0.25) is 5.88 Å². The number of aromatic hydroxyl groups is 1. The fourth-order valence-corrected chi connectivity index (χ4v) is 2.94. The van der Waals surface area contributed by atoms with Crippen LogP contribution in [0, 0.1) is 13.8 Å². The highest BCUT2D eigenvalue weighted by Crippen LogP contribution is 2.41. The van der Waals surface area contributed by atoms with Crippen molar-refractivity contribution in [1.82, 2.24) is 9.78 Å². The lowest BCUT2D eigenvalue weighted by Crippen LogP contribution is -2.24. The van der Waals surface area contributed by atoms with Crippen molar-refractivity contribution in [3.63, 3.8) is 0 Å². The van der Waals surface area contributed by atoms with Gasteiger partial charge in [-0.3, -0.25) is 4.68 Å². The van der Waals surface area contributed by atoms with Crippen molar-refractivity contribution in [3.05, 3.63) is 59.7 Å². The summed E-state index contributed by atoms with van der Waals surface area (Å²) in [5.74, 6) is 0.0743. The van der Waals surface area contributed by atoms with Crippen LogP contribution in [0.2, 0.25) is 0 Å². The van der Waals surface area contributed by atoms with Gasteiger partial charge >= 0.3 is 0 Å². The minimum atomic E-state index is -0.237. The third kappa shape index (κ3) is 2.94. The molecule has 0 radical (unpaired) electrons. The molecule has 0 unspecified atom stereocenters. The normalized spacial score (nSPS) is 11.7. The van der Waals surface area contributed by atoms with E-state index >= 15 is 0 Å². The van der Waals surface area contributed by atoms with Gasteiger partial charge in [0, 0.05) is 5.56 Å². The summed E-state index contributed by atoms with van der Waals surface area (Å²) in [6, 6.07) is 16.5. The van der Waals surface area contributed by atoms with Gasteiger partial charge in [-0.15, -0.1) is 5.10 Å². The van der Waals surface area contributed by atoms with Crippen molar-refractivity contribution in [2.24, 2.45) is 0 Å². The zero-order valence-corrected chi connectivity index (χ0v) is 15.0. The van der Waals surface area contributed by atoms with Crippen LogP contribution < -0.4 is 0 Å². The zero-order chi connectivity index (χ0) is 17.5. The van der Waals surface area contributed by atoms with Gasteiger partial charge in [0.25, 0.3) is 0 Å². The quantitative estimate of drug-likeness (QED) is 0.696. The van der Waals surface area contributed by atoms with Crippen LogP contribution >= 0.6 is 0 Å². The van der Waals surface area contributed by atoms with Crippen LogP contribution in [0.15, 0.2) is 48.5 Å². The molecule has 1 heterocycles. The lowest BCUT2D eigenvalue weighted by molar-refractivity contribution is 0.341. The number of aryl methyl sites for hydroxylation is 2. The van der Waals surface area contributed by atoms with E-state index in [0.717, 1.165) is 22.4 Å². The first-order valence-corrected chi connectivity index (χ1v) is 8.24. The van der Waals surface area contributed by atoms with E-state index in [4.69, 9.17) is 0 Å². The number of hydrogen-bond donors (Lipinski definition) is 1. The molecule has 3 aromatic rings. The number of rotatable bonds is 2. The summed E-state index contributed by atoms with van der Waals surface area (Å²) in [5, 5.41) is 15.1. The number of benzene rings is 2. The Bertz CT molecular complexity index is 868. The van der Waals surface area contributed by atoms with E-state index in [2.05, 4.69) is 70.0 Å². The SMILES string of the molecule is Cc1ccc(-c2c(O)nn(C(C)(C)C)c2-c2cccc(C)c2)cc1. The minimum absolute atomic E-state index is 0.0743. The van der Waals surface area contributed by atoms with E-state index in [9.17, 15) is 5.11 Å². The summed E-state index contributed by atoms with van der Waals surface area (Å²) in [7, 11) is 0. The predicted molar refractivity (Wildman–Crippen MR) is 99.2 cm³/mol. The van der Waals surface area contributed by atoms with Gasteiger partial charge in [0.05, 0.1) is 16.8 Å². The van der Waals surface area contributed by atoms with Gasteiger partial charge in [0.1, 0.15) is 0 Å². The molecule has 24 heavy (non-hydrogen) atoms. The van der Waals surface area contributed by atoms with E-state index in [1.807, 2.05) is 22.9 Å². The fraction of sp³-hybridized carbons (Fsp3) is 0.286. The van der Waals surface area contributed by atoms with Crippen molar-refractivity contribution < 1.29 is 5.11 Å². The molecule has 1 aromatic heterocycles. The first kappa shape index (κ1) is 16.3. The van der Waals surface area contributed by atoms with Crippen LogP contribution in [-0.4, -0.2) is 14.9 Å². The number of nitrogens with zero attached hydrogens (tertiary/aromatic N) is 2. The highest BCUT2D eigenvalue weighted by Gasteiger charge is 2.26. The first-order valence-electron chi connectivity index (χ1n) is 8.24. The van der Waals surface area contributed by atoms with E-state index in [0.29, 0.717) is 0 Å². The van der Waals surface area contributed by atoms with Crippen molar-refractivity contribution >= 4 is 0 Å². The van der Waals surface area contributed by atoms with Crippen LogP contribution in [0.5, 0.6) is 5.88 Å². The Morgan fingerprint density at radius 2 is 1.54 bits per heavy atom. The second-order valence-electron chi connectivity index (χ2n) is 7.37. The van der Waals surface area contributed by atoms with Crippen molar-refractivity contribution in [2.45, 2.75) is 40.2 Å². The molecule has 0 fully saturated rings. The van der Waals surface area contributed by atoms with Gasteiger partial charge in [-0.1, -0.05) is 53.6 Å². The molecule has 3 heteroatoms. The van der Waals surface area contributed by atoms with Crippen LogP contribution in [0.25, 0.3) is 22.4 Å². The van der Waals surface area contributed by atoms with Gasteiger partial charge in [0.15, 0.2) is 0 Å². The van der Waals surface area contributed by atoms with Crippen LogP contribution in [0.4, 0.5) is 0 Å². The molecule has 1 N–H and O–H groups in total. The van der Waals surface area contributed by atoms with E-state index in [-0.39, 0.29) is 11.4 Å². The maximum Gasteiger partial charge on any atom is 0.238 e. The summed E-state index contributed by atoms with van der Waals surface area (Å²) < 4.78 is 1.92. The molecule has 0 atom stereocenters. The highest BCUT2D eigenvalue weighted by molar-refractivity contribution is 5.85. The van der Waals surface area contributed by atoms with Gasteiger partial charge < -0.3 is 5.11 Å². The molecule has 2 aromatic carbocycles. The summed E-state index contributed by atoms with van der Waals surface area (Å²) in [4.78, 5) is 0. The molecule has 0 amide bonds. The number of hydrogen-bond acceptors (Lipinski definition) is 2. The molecule has 0 spiro atoms. The Balaban J connectivity index is 2.33. The highest BCUT2D eigenvalue weighted by atomic mass is 16.3. The second kappa shape index (κ2) is 5.82. The molecule has 3 nitrogen and oxygen atoms in total. The molecule has 0 aliphatic carbocycles. The Labute approximate surface area is 143 Å². The molecular weight excluding hydrogens is 296 g/mol. The van der Waals surface area contributed by atoms with Gasteiger partial charge in [-0.2, -0.15) is 0 Å². The van der Waals surface area contributed by atoms with Crippen molar-refractivity contribution in [3.8, 4) is 28.3 Å². The molecule has 0 bridgehead atoms. The molecule has 0 aliphatic heterocycles. The summed E-state index contributed by atoms with van der Waals surface area (Å²) in [5.41, 5.74) is 5.92. The maximum atomic E-state index is 10.6. The standard InChI is InChI=1S/C21H24N2O/c1-14-9-11-16(12-10-14)18-19(17-8-6-7-15(2)13-17)23(21(3,4)5)22-20(18)24/h6-13H,1-5H3,(H,22,24). The smallest absolute Gasteiger partial charge is 0.238 e. The number of aromatic nitrogens is 2. The lowest BCUT2D eigenvalue weighted by atomic mass is 9.97. The van der Waals surface area contributed by atoms with Crippen LogP contribution in [0.1, 0.15) is 31.9 Å². The van der Waals surface area contributed by atoms with E-state index < -0.39 is 0 Å². The largest absolute Gasteiger partial charge is 0.492 e. The second-order valence-corrected chi connectivity index (χ2v) is 7.37. The van der Waals surface area contributed by atoms with Crippen LogP contribution in [-0.2, 0) is 5.54 Å². The topological polar surface area (TPSA) is 38.1 Å². The minimum Gasteiger partial charge on any atom is -0.492 e. The molecule has 124 valence electrons. The van der Waals surface area contributed by atoms with Crippen molar-refractivity contribution in [2.75, 3.05) is 0 Å². The summed E-state index contributed by atoms with van der Waals surface area (Å²) in [6.07, 6.45) is 0.